The van der Waals surface area contributed by atoms with Crippen molar-refractivity contribution in [3.05, 3.63) is 47.0 Å². The zero-order chi connectivity index (χ0) is 19.3. The number of morpholine rings is 1. The van der Waals surface area contributed by atoms with Crippen LogP contribution in [0.15, 0.2) is 41.3 Å². The van der Waals surface area contributed by atoms with Gasteiger partial charge in [-0.25, -0.2) is 9.97 Å². The molecule has 0 bridgehead atoms. The summed E-state index contributed by atoms with van der Waals surface area (Å²) >= 11 is 5.01. The molecule has 1 amide bonds. The van der Waals surface area contributed by atoms with Crippen LogP contribution in [-0.4, -0.2) is 65.2 Å². The van der Waals surface area contributed by atoms with Gasteiger partial charge >= 0.3 is 0 Å². The van der Waals surface area contributed by atoms with E-state index in [0.717, 1.165) is 54.0 Å². The number of hydrogen-bond donors (Lipinski definition) is 0. The first-order valence-corrected chi connectivity index (χ1v) is 10.8. The largest absolute Gasteiger partial charge is 0.379 e. The average Bonchev–Trinajstić information content (AvgIpc) is 3.15. The Morgan fingerprint density at radius 2 is 2.14 bits per heavy atom. The molecule has 1 aromatic carbocycles. The van der Waals surface area contributed by atoms with Gasteiger partial charge in [0, 0.05) is 43.0 Å². The van der Waals surface area contributed by atoms with E-state index in [2.05, 4.69) is 35.8 Å². The van der Waals surface area contributed by atoms with Gasteiger partial charge in [0.1, 0.15) is 5.69 Å². The van der Waals surface area contributed by atoms with Gasteiger partial charge in [0.05, 0.1) is 29.6 Å². The molecule has 1 saturated heterocycles. The second-order valence-electron chi connectivity index (χ2n) is 6.46. The molecular weight excluding hydrogens is 442 g/mol. The molecule has 4 rings (SSSR count). The van der Waals surface area contributed by atoms with Gasteiger partial charge in [0.25, 0.3) is 5.91 Å². The highest BCUT2D eigenvalue weighted by Crippen LogP contribution is 2.31. The Hall–Kier alpha value is -1.94. The molecule has 3 aromatic rings. The first-order chi connectivity index (χ1) is 13.7. The van der Waals surface area contributed by atoms with Crippen molar-refractivity contribution in [2.75, 3.05) is 44.3 Å². The molecule has 3 heterocycles. The lowest BCUT2D eigenvalue weighted by atomic mass is 10.3. The van der Waals surface area contributed by atoms with Gasteiger partial charge in [-0.15, -0.1) is 0 Å². The molecule has 2 aromatic heterocycles. The average molecular weight is 462 g/mol. The van der Waals surface area contributed by atoms with Crippen LogP contribution in [0.25, 0.3) is 10.2 Å². The number of rotatable bonds is 6. The number of fused-ring (bicyclic) bond motifs is 1. The van der Waals surface area contributed by atoms with Crippen LogP contribution >= 0.6 is 27.3 Å². The Kier molecular flexibility index (Phi) is 6.26. The number of carbonyl (C=O) groups is 1. The summed E-state index contributed by atoms with van der Waals surface area (Å²) in [6, 6.07) is 5.94. The van der Waals surface area contributed by atoms with Gasteiger partial charge < -0.3 is 4.74 Å². The van der Waals surface area contributed by atoms with Crippen molar-refractivity contribution in [3.8, 4) is 0 Å². The van der Waals surface area contributed by atoms with Crippen LogP contribution in [-0.2, 0) is 4.74 Å². The molecule has 0 N–H and O–H groups in total. The van der Waals surface area contributed by atoms with E-state index < -0.39 is 0 Å². The summed E-state index contributed by atoms with van der Waals surface area (Å²) in [4.78, 5) is 30.1. The Morgan fingerprint density at radius 3 is 2.93 bits per heavy atom. The van der Waals surface area contributed by atoms with E-state index in [1.165, 1.54) is 23.7 Å². The lowest BCUT2D eigenvalue weighted by Gasteiger charge is -2.27. The summed E-state index contributed by atoms with van der Waals surface area (Å²) in [5, 5.41) is 0.686. The molecule has 0 spiro atoms. The van der Waals surface area contributed by atoms with Crippen LogP contribution < -0.4 is 4.90 Å². The smallest absolute Gasteiger partial charge is 0.280 e. The molecule has 0 unspecified atom stereocenters. The number of benzene rings is 1. The number of hydrogen-bond acceptors (Lipinski definition) is 7. The lowest BCUT2D eigenvalue weighted by molar-refractivity contribution is 0.0376. The maximum Gasteiger partial charge on any atom is 0.280 e. The third kappa shape index (κ3) is 4.54. The standard InChI is InChI=1S/C19H20BrN5O2S/c20-14-2-3-15-17(12-14)28-19(23-15)25(18(26)16-13-21-4-5-22-16)7-1-6-24-8-10-27-11-9-24/h2-5,12-13H,1,6-11H2. The number of amides is 1. The van der Waals surface area contributed by atoms with Crippen molar-refractivity contribution < 1.29 is 9.53 Å². The molecule has 0 atom stereocenters. The Bertz CT molecular complexity index is 946. The fourth-order valence-corrected chi connectivity index (χ4v) is 4.65. The summed E-state index contributed by atoms with van der Waals surface area (Å²) in [7, 11) is 0. The third-order valence-electron chi connectivity index (χ3n) is 4.56. The number of nitrogens with zero attached hydrogens (tertiary/aromatic N) is 5. The van der Waals surface area contributed by atoms with Crippen molar-refractivity contribution in [2.45, 2.75) is 6.42 Å². The number of ether oxygens (including phenoxy) is 1. The number of halogens is 1. The molecule has 146 valence electrons. The van der Waals surface area contributed by atoms with E-state index in [1.807, 2.05) is 18.2 Å². The van der Waals surface area contributed by atoms with E-state index in [-0.39, 0.29) is 5.91 Å². The minimum Gasteiger partial charge on any atom is -0.379 e. The molecule has 0 radical (unpaired) electrons. The fraction of sp³-hybridized carbons (Fsp3) is 0.368. The number of aromatic nitrogens is 3. The summed E-state index contributed by atoms with van der Waals surface area (Å²) in [5.41, 5.74) is 1.21. The van der Waals surface area contributed by atoms with E-state index in [1.54, 1.807) is 11.1 Å². The second-order valence-corrected chi connectivity index (χ2v) is 8.39. The predicted molar refractivity (Wildman–Crippen MR) is 113 cm³/mol. The highest BCUT2D eigenvalue weighted by atomic mass is 79.9. The van der Waals surface area contributed by atoms with Gasteiger partial charge in [0.15, 0.2) is 5.13 Å². The minimum absolute atomic E-state index is 0.173. The zero-order valence-corrected chi connectivity index (χ0v) is 17.7. The Balaban J connectivity index is 1.55. The SMILES string of the molecule is O=C(c1cnccn1)N(CCCN1CCOCC1)c1nc2ccc(Br)cc2s1. The van der Waals surface area contributed by atoms with Crippen LogP contribution in [0.2, 0.25) is 0 Å². The number of thiazole rings is 1. The molecule has 0 saturated carbocycles. The monoisotopic (exact) mass is 461 g/mol. The predicted octanol–water partition coefficient (Wildman–Crippen LogP) is 3.22. The Labute approximate surface area is 175 Å². The molecular formula is C19H20BrN5O2S. The van der Waals surface area contributed by atoms with Crippen LogP contribution in [0.5, 0.6) is 0 Å². The van der Waals surface area contributed by atoms with Gasteiger partial charge in [-0.3, -0.25) is 19.6 Å². The molecule has 1 aliphatic heterocycles. The quantitative estimate of drug-likeness (QED) is 0.561. The van der Waals surface area contributed by atoms with Gasteiger partial charge in [-0.2, -0.15) is 0 Å². The molecule has 7 nitrogen and oxygen atoms in total. The van der Waals surface area contributed by atoms with Crippen LogP contribution in [0.1, 0.15) is 16.9 Å². The van der Waals surface area contributed by atoms with Crippen molar-refractivity contribution in [1.82, 2.24) is 19.9 Å². The van der Waals surface area contributed by atoms with E-state index in [0.29, 0.717) is 17.4 Å². The van der Waals surface area contributed by atoms with Crippen LogP contribution in [0.4, 0.5) is 5.13 Å². The van der Waals surface area contributed by atoms with Crippen LogP contribution in [0.3, 0.4) is 0 Å². The molecule has 1 fully saturated rings. The minimum atomic E-state index is -0.173. The molecule has 9 heteroatoms. The topological polar surface area (TPSA) is 71.5 Å². The maximum atomic E-state index is 13.1. The zero-order valence-electron chi connectivity index (χ0n) is 15.3. The Morgan fingerprint density at radius 1 is 1.29 bits per heavy atom. The second kappa shape index (κ2) is 9.04. The van der Waals surface area contributed by atoms with Crippen molar-refractivity contribution in [3.63, 3.8) is 0 Å². The van der Waals surface area contributed by atoms with Gasteiger partial charge in [-0.05, 0) is 24.6 Å². The maximum absolute atomic E-state index is 13.1. The van der Waals surface area contributed by atoms with E-state index in [4.69, 9.17) is 4.74 Å². The first-order valence-electron chi connectivity index (χ1n) is 9.15. The van der Waals surface area contributed by atoms with Crippen molar-refractivity contribution in [1.29, 1.82) is 0 Å². The lowest BCUT2D eigenvalue weighted by Crippen LogP contribution is -2.39. The van der Waals surface area contributed by atoms with Gasteiger partial charge in [-0.1, -0.05) is 27.3 Å². The van der Waals surface area contributed by atoms with E-state index >= 15 is 0 Å². The molecule has 1 aliphatic rings. The highest BCUT2D eigenvalue weighted by Gasteiger charge is 2.23. The fourth-order valence-electron chi connectivity index (χ4n) is 3.11. The third-order valence-corrected chi connectivity index (χ3v) is 6.09. The summed E-state index contributed by atoms with van der Waals surface area (Å²) in [6.45, 7) is 4.92. The summed E-state index contributed by atoms with van der Waals surface area (Å²) < 4.78 is 7.43. The molecule has 28 heavy (non-hydrogen) atoms. The molecule has 0 aliphatic carbocycles. The number of carbonyl (C=O) groups excluding carboxylic acids is 1. The van der Waals surface area contributed by atoms with E-state index in [9.17, 15) is 4.79 Å². The van der Waals surface area contributed by atoms with Crippen LogP contribution in [0, 0.1) is 0 Å². The van der Waals surface area contributed by atoms with Gasteiger partial charge in [0.2, 0.25) is 0 Å². The summed E-state index contributed by atoms with van der Waals surface area (Å²) in [6.07, 6.45) is 5.45. The van der Waals surface area contributed by atoms with Crippen molar-refractivity contribution >= 4 is 48.5 Å². The summed E-state index contributed by atoms with van der Waals surface area (Å²) in [5.74, 6) is -0.173. The first kappa shape index (κ1) is 19.4. The number of anilines is 1. The van der Waals surface area contributed by atoms with Crippen molar-refractivity contribution in [2.24, 2.45) is 0 Å². The highest BCUT2D eigenvalue weighted by molar-refractivity contribution is 9.10. The normalized spacial score (nSPS) is 15.0.